The van der Waals surface area contributed by atoms with Crippen molar-refractivity contribution in [3.63, 3.8) is 0 Å². The van der Waals surface area contributed by atoms with Gasteiger partial charge in [-0.25, -0.2) is 4.68 Å². The summed E-state index contributed by atoms with van der Waals surface area (Å²) >= 11 is 0. The minimum atomic E-state index is -4.56. The number of rotatable bonds is 2. The van der Waals surface area contributed by atoms with Crippen LogP contribution in [0, 0.1) is 0 Å². The summed E-state index contributed by atoms with van der Waals surface area (Å²) in [5, 5.41) is 8.10. The van der Waals surface area contributed by atoms with Gasteiger partial charge in [-0.2, -0.15) is 13.2 Å². The molecule has 6 nitrogen and oxygen atoms in total. The molecule has 2 aliphatic rings. The Hall–Kier alpha value is -3.10. The number of hydrogen-bond acceptors (Lipinski definition) is 4. The molecule has 0 spiro atoms. The van der Waals surface area contributed by atoms with Crippen LogP contribution in [0.4, 0.5) is 13.2 Å². The zero-order valence-electron chi connectivity index (χ0n) is 14.8. The number of halogens is 3. The number of H-pyrrole nitrogens is 1. The van der Waals surface area contributed by atoms with Crippen molar-refractivity contribution in [3.8, 4) is 0 Å². The molecule has 9 heteroatoms. The van der Waals surface area contributed by atoms with E-state index in [1.165, 1.54) is 0 Å². The predicted octanol–water partition coefficient (Wildman–Crippen LogP) is 3.56. The number of dihydropyridines is 1. The van der Waals surface area contributed by atoms with Crippen LogP contribution in [0.3, 0.4) is 0 Å². The van der Waals surface area contributed by atoms with Crippen molar-refractivity contribution in [1.82, 2.24) is 19.9 Å². The maximum absolute atomic E-state index is 13.2. The minimum absolute atomic E-state index is 0.292. The number of hydrogen-bond donors (Lipinski definition) is 2. The van der Waals surface area contributed by atoms with Gasteiger partial charge in [0, 0.05) is 35.6 Å². The average molecular weight is 386 g/mol. The molecule has 5 rings (SSSR count). The predicted molar refractivity (Wildman–Crippen MR) is 99.7 cm³/mol. The van der Waals surface area contributed by atoms with Gasteiger partial charge in [-0.15, -0.1) is 10.2 Å². The van der Waals surface area contributed by atoms with E-state index in [0.29, 0.717) is 25.2 Å². The van der Waals surface area contributed by atoms with Crippen LogP contribution in [0.2, 0.25) is 0 Å². The monoisotopic (exact) mass is 386 g/mol. The van der Waals surface area contributed by atoms with Crippen LogP contribution in [0.1, 0.15) is 30.1 Å². The van der Waals surface area contributed by atoms with Crippen LogP contribution < -0.4 is 5.43 Å². The fraction of sp³-hybridized carbons (Fsp3) is 0.316. The largest absolute Gasteiger partial charge is 0.453 e. The molecule has 4 heterocycles. The molecule has 1 unspecified atom stereocenters. The van der Waals surface area contributed by atoms with Gasteiger partial charge in [-0.05, 0) is 30.6 Å². The summed E-state index contributed by atoms with van der Waals surface area (Å²) in [6.45, 7) is 0.611. The normalized spacial score (nSPS) is 19.8. The second-order valence-corrected chi connectivity index (χ2v) is 6.97. The summed E-state index contributed by atoms with van der Waals surface area (Å²) in [4.78, 5) is 7.85. The van der Waals surface area contributed by atoms with E-state index < -0.39 is 12.0 Å². The first-order valence-corrected chi connectivity index (χ1v) is 9.10. The fourth-order valence-corrected chi connectivity index (χ4v) is 3.87. The zero-order chi connectivity index (χ0) is 19.3. The van der Waals surface area contributed by atoms with Crippen LogP contribution in [0.15, 0.2) is 41.5 Å². The van der Waals surface area contributed by atoms with E-state index in [0.717, 1.165) is 38.8 Å². The molecule has 1 aromatic carbocycles. The number of alkyl halides is 3. The summed E-state index contributed by atoms with van der Waals surface area (Å²) in [7, 11) is 0. The Morgan fingerprint density at radius 2 is 1.96 bits per heavy atom. The van der Waals surface area contributed by atoms with Gasteiger partial charge in [-0.3, -0.25) is 4.99 Å². The second-order valence-electron chi connectivity index (χ2n) is 6.97. The van der Waals surface area contributed by atoms with Crippen LogP contribution in [-0.4, -0.2) is 38.2 Å². The number of nitrogens with zero attached hydrogens (tertiary/aromatic N) is 4. The van der Waals surface area contributed by atoms with Crippen LogP contribution in [-0.2, 0) is 12.6 Å². The molecule has 0 bridgehead atoms. The van der Waals surface area contributed by atoms with Gasteiger partial charge >= 0.3 is 6.18 Å². The fourth-order valence-electron chi connectivity index (χ4n) is 3.87. The summed E-state index contributed by atoms with van der Waals surface area (Å²) in [6.07, 6.45) is 1.25. The van der Waals surface area contributed by atoms with Crippen molar-refractivity contribution in [2.45, 2.75) is 31.5 Å². The lowest BCUT2D eigenvalue weighted by Crippen LogP contribution is -2.42. The maximum Gasteiger partial charge on any atom is 0.453 e. The van der Waals surface area contributed by atoms with Gasteiger partial charge in [0.1, 0.15) is 0 Å². The maximum atomic E-state index is 13.2. The van der Waals surface area contributed by atoms with Gasteiger partial charge in [0.25, 0.3) is 5.82 Å². The number of para-hydroxylation sites is 1. The third-order valence-corrected chi connectivity index (χ3v) is 5.22. The molecule has 0 saturated carbocycles. The lowest BCUT2D eigenvalue weighted by atomic mass is 9.94. The molecule has 0 saturated heterocycles. The van der Waals surface area contributed by atoms with Crippen LogP contribution in [0.5, 0.6) is 0 Å². The molecular weight excluding hydrogens is 369 g/mol. The van der Waals surface area contributed by atoms with E-state index >= 15 is 0 Å². The van der Waals surface area contributed by atoms with E-state index in [1.807, 2.05) is 30.5 Å². The van der Waals surface area contributed by atoms with E-state index in [9.17, 15) is 13.2 Å². The van der Waals surface area contributed by atoms with Crippen LogP contribution in [0.25, 0.3) is 16.5 Å². The van der Waals surface area contributed by atoms with Gasteiger partial charge in [0.05, 0.1) is 11.8 Å². The third-order valence-electron chi connectivity index (χ3n) is 5.22. The highest BCUT2D eigenvalue weighted by Crippen LogP contribution is 2.31. The molecule has 0 amide bonds. The Kier molecular flexibility index (Phi) is 3.78. The topological polar surface area (TPSA) is 70.9 Å². The number of aliphatic imine (C=N–C) groups is 1. The lowest BCUT2D eigenvalue weighted by molar-refractivity contribution is -0.147. The molecule has 144 valence electrons. The molecule has 2 N–H and O–H groups in total. The Balaban J connectivity index is 1.46. The number of fused-ring (bicyclic) bond motifs is 2. The van der Waals surface area contributed by atoms with E-state index in [-0.39, 0.29) is 6.04 Å². The summed E-state index contributed by atoms with van der Waals surface area (Å²) in [6, 6.07) is 7.74. The van der Waals surface area contributed by atoms with Gasteiger partial charge in [0.2, 0.25) is 0 Å². The Bertz CT molecular complexity index is 1100. The quantitative estimate of drug-likeness (QED) is 0.707. The molecule has 0 fully saturated rings. The van der Waals surface area contributed by atoms with E-state index in [1.54, 1.807) is 0 Å². The van der Waals surface area contributed by atoms with Crippen molar-refractivity contribution in [1.29, 1.82) is 0 Å². The SMILES string of the molecule is FC(F)(F)c1nnc2n1NC(C1=NCCC(c3c[nH]c4ccccc34)=C1)CC2. The van der Waals surface area contributed by atoms with E-state index in [4.69, 9.17) is 0 Å². The van der Waals surface area contributed by atoms with Crippen molar-refractivity contribution >= 4 is 22.2 Å². The standard InChI is InChI=1S/C19H17F3N6/c20-19(21,22)18-26-25-17-6-5-15(27-28(17)18)16-9-11(7-8-23-16)13-10-24-14-4-2-1-3-12(13)14/h1-4,9-10,15,24,27H,5-8H2. The highest BCUT2D eigenvalue weighted by atomic mass is 19.4. The van der Waals surface area contributed by atoms with Crippen molar-refractivity contribution < 1.29 is 13.2 Å². The van der Waals surface area contributed by atoms with Gasteiger partial charge in [-0.1, -0.05) is 18.2 Å². The number of aryl methyl sites for hydroxylation is 1. The zero-order valence-corrected chi connectivity index (χ0v) is 14.8. The van der Waals surface area contributed by atoms with Gasteiger partial charge in [0.15, 0.2) is 5.82 Å². The summed E-state index contributed by atoms with van der Waals surface area (Å²) in [5.74, 6) is -0.731. The molecule has 2 aliphatic heterocycles. The molecule has 0 aliphatic carbocycles. The number of aromatic nitrogens is 4. The summed E-state index contributed by atoms with van der Waals surface area (Å²) < 4.78 is 40.5. The molecule has 3 aromatic rings. The number of aromatic amines is 1. The first-order valence-electron chi connectivity index (χ1n) is 9.10. The van der Waals surface area contributed by atoms with Gasteiger partial charge < -0.3 is 10.4 Å². The Morgan fingerprint density at radius 3 is 2.82 bits per heavy atom. The molecular formula is C19H17F3N6. The highest BCUT2D eigenvalue weighted by Gasteiger charge is 2.40. The average Bonchev–Trinajstić information content (AvgIpc) is 3.31. The smallest absolute Gasteiger partial charge is 0.361 e. The first-order chi connectivity index (χ1) is 13.5. The second kappa shape index (κ2) is 6.22. The first kappa shape index (κ1) is 17.0. The minimum Gasteiger partial charge on any atom is -0.361 e. The number of nitrogens with one attached hydrogen (secondary N) is 2. The lowest BCUT2D eigenvalue weighted by Gasteiger charge is -2.28. The number of benzene rings is 1. The van der Waals surface area contributed by atoms with E-state index in [2.05, 4.69) is 31.7 Å². The Labute approximate surface area is 158 Å². The van der Waals surface area contributed by atoms with Crippen molar-refractivity contribution in [2.75, 3.05) is 12.0 Å². The third kappa shape index (κ3) is 2.78. The molecule has 2 aromatic heterocycles. The van der Waals surface area contributed by atoms with Crippen molar-refractivity contribution in [3.05, 3.63) is 53.8 Å². The van der Waals surface area contributed by atoms with Crippen LogP contribution >= 0.6 is 0 Å². The summed E-state index contributed by atoms with van der Waals surface area (Å²) in [5.41, 5.74) is 6.98. The highest BCUT2D eigenvalue weighted by molar-refractivity contribution is 6.08. The molecule has 1 atom stereocenters. The molecule has 0 radical (unpaired) electrons. The van der Waals surface area contributed by atoms with Crippen molar-refractivity contribution in [2.24, 2.45) is 4.99 Å². The molecule has 28 heavy (non-hydrogen) atoms. The Morgan fingerprint density at radius 1 is 1.11 bits per heavy atom.